The van der Waals surface area contributed by atoms with E-state index in [9.17, 15) is 0 Å². The maximum absolute atomic E-state index is 5.43. The topological polar surface area (TPSA) is 60.2 Å². The standard InChI is InChI=1S/C15H19N3O2S/c1-10-17-18-15(20-10)21-9-12-7-11(3-6-14(12)19-2)8-16-13-4-5-13/h3,6-7,13,16H,4-5,8-9H2,1-2H3. The van der Waals surface area contributed by atoms with Crippen LogP contribution in [-0.2, 0) is 12.3 Å². The Bertz CT molecular complexity index is 611. The molecule has 21 heavy (non-hydrogen) atoms. The Hall–Kier alpha value is -1.53. The fourth-order valence-corrected chi connectivity index (χ4v) is 2.86. The number of hydrogen-bond acceptors (Lipinski definition) is 6. The molecular weight excluding hydrogens is 286 g/mol. The molecular formula is C15H19N3O2S. The zero-order valence-corrected chi connectivity index (χ0v) is 13.1. The molecule has 0 bridgehead atoms. The van der Waals surface area contributed by atoms with Gasteiger partial charge < -0.3 is 14.5 Å². The molecule has 1 aromatic carbocycles. The highest BCUT2D eigenvalue weighted by Gasteiger charge is 2.20. The first-order valence-electron chi connectivity index (χ1n) is 7.06. The third kappa shape index (κ3) is 3.98. The van der Waals surface area contributed by atoms with Gasteiger partial charge in [-0.2, -0.15) is 0 Å². The molecule has 1 saturated carbocycles. The summed E-state index contributed by atoms with van der Waals surface area (Å²) in [5, 5.41) is 12.0. The van der Waals surface area contributed by atoms with Crippen molar-refractivity contribution >= 4 is 11.8 Å². The Morgan fingerprint density at radius 1 is 1.38 bits per heavy atom. The predicted octanol–water partition coefficient (Wildman–Crippen LogP) is 2.93. The van der Waals surface area contributed by atoms with Gasteiger partial charge in [-0.3, -0.25) is 0 Å². The summed E-state index contributed by atoms with van der Waals surface area (Å²) < 4.78 is 10.8. The van der Waals surface area contributed by atoms with Gasteiger partial charge in [0.25, 0.3) is 5.22 Å². The van der Waals surface area contributed by atoms with E-state index in [1.807, 2.05) is 6.07 Å². The molecule has 1 heterocycles. The average molecular weight is 305 g/mol. The number of ether oxygens (including phenoxy) is 1. The van der Waals surface area contributed by atoms with Gasteiger partial charge in [0.2, 0.25) is 5.89 Å². The summed E-state index contributed by atoms with van der Waals surface area (Å²) in [5.74, 6) is 2.24. The minimum absolute atomic E-state index is 0.590. The van der Waals surface area contributed by atoms with Crippen molar-refractivity contribution in [1.82, 2.24) is 15.5 Å². The third-order valence-corrected chi connectivity index (χ3v) is 4.24. The summed E-state index contributed by atoms with van der Waals surface area (Å²) in [6.45, 7) is 2.70. The molecule has 0 atom stereocenters. The molecule has 2 aromatic rings. The van der Waals surface area contributed by atoms with Crippen molar-refractivity contribution in [3.63, 3.8) is 0 Å². The molecule has 0 unspecified atom stereocenters. The average Bonchev–Trinajstić information content (AvgIpc) is 3.24. The van der Waals surface area contributed by atoms with Crippen LogP contribution in [0.3, 0.4) is 0 Å². The Morgan fingerprint density at radius 3 is 2.90 bits per heavy atom. The lowest BCUT2D eigenvalue weighted by atomic mass is 10.1. The van der Waals surface area contributed by atoms with Crippen LogP contribution in [0.25, 0.3) is 0 Å². The minimum Gasteiger partial charge on any atom is -0.496 e. The molecule has 0 radical (unpaired) electrons. The Balaban J connectivity index is 1.66. The van der Waals surface area contributed by atoms with E-state index in [0.29, 0.717) is 17.2 Å². The molecule has 0 amide bonds. The number of benzene rings is 1. The van der Waals surface area contributed by atoms with Crippen molar-refractivity contribution in [2.24, 2.45) is 0 Å². The van der Waals surface area contributed by atoms with Crippen molar-refractivity contribution in [1.29, 1.82) is 0 Å². The lowest BCUT2D eigenvalue weighted by Gasteiger charge is -2.10. The summed E-state index contributed by atoms with van der Waals surface area (Å²) >= 11 is 1.53. The van der Waals surface area contributed by atoms with Crippen LogP contribution < -0.4 is 10.1 Å². The number of hydrogen-bond donors (Lipinski definition) is 1. The fourth-order valence-electron chi connectivity index (χ4n) is 2.08. The van der Waals surface area contributed by atoms with Crippen molar-refractivity contribution in [2.75, 3.05) is 7.11 Å². The van der Waals surface area contributed by atoms with Gasteiger partial charge in [-0.05, 0) is 30.5 Å². The van der Waals surface area contributed by atoms with Gasteiger partial charge in [0.15, 0.2) is 0 Å². The van der Waals surface area contributed by atoms with Gasteiger partial charge in [0, 0.05) is 30.8 Å². The van der Waals surface area contributed by atoms with Crippen LogP contribution in [0.1, 0.15) is 29.9 Å². The van der Waals surface area contributed by atoms with Crippen molar-refractivity contribution < 1.29 is 9.15 Å². The number of nitrogens with zero attached hydrogens (tertiary/aromatic N) is 2. The Labute approximate surface area is 128 Å². The maximum atomic E-state index is 5.43. The summed E-state index contributed by atoms with van der Waals surface area (Å²) in [7, 11) is 1.70. The third-order valence-electron chi connectivity index (χ3n) is 3.38. The monoisotopic (exact) mass is 305 g/mol. The van der Waals surface area contributed by atoms with Crippen LogP contribution in [0.15, 0.2) is 27.8 Å². The number of aromatic nitrogens is 2. The van der Waals surface area contributed by atoms with Crippen molar-refractivity contribution in [2.45, 2.75) is 43.3 Å². The Kier molecular flexibility index (Phi) is 4.45. The quantitative estimate of drug-likeness (QED) is 0.794. The zero-order valence-electron chi connectivity index (χ0n) is 12.3. The van der Waals surface area contributed by atoms with Crippen molar-refractivity contribution in [3.05, 3.63) is 35.2 Å². The zero-order chi connectivity index (χ0) is 14.7. The van der Waals surface area contributed by atoms with Gasteiger partial charge >= 0.3 is 0 Å². The maximum Gasteiger partial charge on any atom is 0.276 e. The second-order valence-corrected chi connectivity index (χ2v) is 6.10. The van der Waals surface area contributed by atoms with Crippen LogP contribution in [-0.4, -0.2) is 23.3 Å². The molecule has 1 fully saturated rings. The first kappa shape index (κ1) is 14.4. The van der Waals surface area contributed by atoms with E-state index in [1.165, 1.54) is 30.2 Å². The lowest BCUT2D eigenvalue weighted by molar-refractivity contribution is 0.410. The van der Waals surface area contributed by atoms with Crippen LogP contribution in [0, 0.1) is 6.92 Å². The molecule has 1 aliphatic rings. The molecule has 0 aliphatic heterocycles. The normalized spacial score (nSPS) is 14.4. The summed E-state index contributed by atoms with van der Waals surface area (Å²) in [5.41, 5.74) is 2.42. The van der Waals surface area contributed by atoms with Gasteiger partial charge in [-0.15, -0.1) is 10.2 Å². The first-order chi connectivity index (χ1) is 10.2. The second-order valence-electron chi connectivity index (χ2n) is 5.18. The lowest BCUT2D eigenvalue weighted by Crippen LogP contribution is -2.15. The van der Waals surface area contributed by atoms with E-state index < -0.39 is 0 Å². The van der Waals surface area contributed by atoms with E-state index in [1.54, 1.807) is 14.0 Å². The fraction of sp³-hybridized carbons (Fsp3) is 0.467. The van der Waals surface area contributed by atoms with E-state index in [-0.39, 0.29) is 0 Å². The molecule has 1 N–H and O–H groups in total. The minimum atomic E-state index is 0.590. The number of rotatable bonds is 7. The van der Waals surface area contributed by atoms with E-state index in [0.717, 1.165) is 23.6 Å². The number of aryl methyl sites for hydroxylation is 1. The predicted molar refractivity (Wildman–Crippen MR) is 81.5 cm³/mol. The molecule has 3 rings (SSSR count). The van der Waals surface area contributed by atoms with Gasteiger partial charge in [-0.1, -0.05) is 17.8 Å². The van der Waals surface area contributed by atoms with Crippen LogP contribution >= 0.6 is 11.8 Å². The smallest absolute Gasteiger partial charge is 0.276 e. The first-order valence-corrected chi connectivity index (χ1v) is 8.05. The van der Waals surface area contributed by atoms with Crippen LogP contribution in [0.4, 0.5) is 0 Å². The molecule has 112 valence electrons. The van der Waals surface area contributed by atoms with Gasteiger partial charge in [-0.25, -0.2) is 0 Å². The Morgan fingerprint density at radius 2 is 2.24 bits per heavy atom. The summed E-state index contributed by atoms with van der Waals surface area (Å²) in [6, 6.07) is 7.04. The number of thioether (sulfide) groups is 1. The van der Waals surface area contributed by atoms with Gasteiger partial charge in [0.05, 0.1) is 7.11 Å². The van der Waals surface area contributed by atoms with E-state index in [4.69, 9.17) is 9.15 Å². The van der Waals surface area contributed by atoms with Crippen LogP contribution in [0.5, 0.6) is 5.75 Å². The van der Waals surface area contributed by atoms with E-state index >= 15 is 0 Å². The number of methoxy groups -OCH3 is 1. The second kappa shape index (κ2) is 6.49. The highest BCUT2D eigenvalue weighted by molar-refractivity contribution is 7.98. The molecule has 1 aliphatic carbocycles. The number of nitrogens with one attached hydrogen (secondary N) is 1. The van der Waals surface area contributed by atoms with E-state index in [2.05, 4.69) is 27.6 Å². The van der Waals surface area contributed by atoms with Crippen molar-refractivity contribution in [3.8, 4) is 5.75 Å². The SMILES string of the molecule is COc1ccc(CNC2CC2)cc1CSc1nnc(C)o1. The largest absolute Gasteiger partial charge is 0.496 e. The highest BCUT2D eigenvalue weighted by atomic mass is 32.2. The molecule has 1 aromatic heterocycles. The van der Waals surface area contributed by atoms with Gasteiger partial charge in [0.1, 0.15) is 5.75 Å². The molecule has 5 nitrogen and oxygen atoms in total. The molecule has 0 saturated heterocycles. The molecule has 0 spiro atoms. The molecule has 6 heteroatoms. The van der Waals surface area contributed by atoms with Crippen LogP contribution in [0.2, 0.25) is 0 Å². The highest BCUT2D eigenvalue weighted by Crippen LogP contribution is 2.28. The summed E-state index contributed by atoms with van der Waals surface area (Å²) in [6.07, 6.45) is 2.60. The summed E-state index contributed by atoms with van der Waals surface area (Å²) in [4.78, 5) is 0.